The minimum Gasteiger partial charge on any atom is -0.493 e. The van der Waals surface area contributed by atoms with Gasteiger partial charge in [0.2, 0.25) is 11.8 Å². The van der Waals surface area contributed by atoms with Crippen molar-refractivity contribution >= 4 is 34.8 Å². The second kappa shape index (κ2) is 16.1. The highest BCUT2D eigenvalue weighted by atomic mass is 16.5. The Morgan fingerprint density at radius 2 is 1.67 bits per heavy atom. The van der Waals surface area contributed by atoms with Crippen molar-refractivity contribution in [2.45, 2.75) is 38.1 Å². The van der Waals surface area contributed by atoms with E-state index in [9.17, 15) is 9.59 Å². The predicted octanol–water partition coefficient (Wildman–Crippen LogP) is 4.85. The number of hydrogen-bond donors (Lipinski definition) is 4. The molecule has 1 saturated heterocycles. The molecule has 0 saturated carbocycles. The Morgan fingerprint density at radius 3 is 2.44 bits per heavy atom. The molecule has 3 aromatic carbocycles. The topological polar surface area (TPSA) is 130 Å². The molecule has 1 atom stereocenters. The van der Waals surface area contributed by atoms with Crippen LogP contribution >= 0.6 is 0 Å². The van der Waals surface area contributed by atoms with Crippen LogP contribution in [0.3, 0.4) is 0 Å². The molecule has 11 heteroatoms. The molecule has 0 spiro atoms. The molecule has 3 aliphatic heterocycles. The molecular formula is C37H43N7O4. The van der Waals surface area contributed by atoms with E-state index in [1.54, 1.807) is 7.11 Å². The maximum Gasteiger partial charge on any atom is 0.242 e. The van der Waals surface area contributed by atoms with Crippen molar-refractivity contribution in [1.82, 2.24) is 25.5 Å². The summed E-state index contributed by atoms with van der Waals surface area (Å²) in [6, 6.07) is 25.1. The molecule has 1 aromatic heterocycles. The lowest BCUT2D eigenvalue weighted by molar-refractivity contribution is -0.130. The molecule has 0 radical (unpaired) electrons. The van der Waals surface area contributed by atoms with Gasteiger partial charge in [0.15, 0.2) is 11.5 Å². The molecule has 3 aliphatic rings. The van der Waals surface area contributed by atoms with E-state index in [2.05, 4.69) is 54.3 Å². The van der Waals surface area contributed by atoms with Crippen molar-refractivity contribution in [3.63, 3.8) is 0 Å². The fraction of sp³-hybridized carbons (Fsp3) is 0.351. The quantitative estimate of drug-likeness (QED) is 0.229. The normalized spacial score (nSPS) is 20.4. The number of nitrogens with zero attached hydrogens (tertiary/aromatic N) is 3. The largest absolute Gasteiger partial charge is 0.493 e. The van der Waals surface area contributed by atoms with Crippen LogP contribution in [0.15, 0.2) is 85.2 Å². The zero-order chi connectivity index (χ0) is 33.1. The molecule has 48 heavy (non-hydrogen) atoms. The number of aromatic nitrogens is 2. The first kappa shape index (κ1) is 32.8. The molecule has 0 aliphatic carbocycles. The van der Waals surface area contributed by atoms with E-state index >= 15 is 0 Å². The number of fused-ring (bicyclic) bond motifs is 10. The predicted molar refractivity (Wildman–Crippen MR) is 186 cm³/mol. The van der Waals surface area contributed by atoms with Gasteiger partial charge in [0, 0.05) is 23.5 Å². The van der Waals surface area contributed by atoms with Crippen molar-refractivity contribution in [2.24, 2.45) is 5.92 Å². The molecule has 2 amide bonds. The fourth-order valence-corrected chi connectivity index (χ4v) is 6.24. The lowest BCUT2D eigenvalue weighted by atomic mass is 9.90. The monoisotopic (exact) mass is 649 g/mol. The summed E-state index contributed by atoms with van der Waals surface area (Å²) in [6.07, 6.45) is 5.67. The number of piperidine rings is 1. The van der Waals surface area contributed by atoms with E-state index in [1.807, 2.05) is 60.7 Å². The zero-order valence-electron chi connectivity index (χ0n) is 27.3. The molecule has 7 rings (SSSR count). The summed E-state index contributed by atoms with van der Waals surface area (Å²) in [5.74, 6) is 2.53. The van der Waals surface area contributed by atoms with Crippen molar-refractivity contribution in [3.05, 3.63) is 96.3 Å². The summed E-state index contributed by atoms with van der Waals surface area (Å²) < 4.78 is 11.6. The summed E-state index contributed by atoms with van der Waals surface area (Å²) in [4.78, 5) is 37.6. The third-order valence-corrected chi connectivity index (χ3v) is 8.78. The number of methoxy groups -OCH3 is 1. The number of carbonyl (C=O) groups is 2. The summed E-state index contributed by atoms with van der Waals surface area (Å²) in [5, 5.41) is 12.7. The minimum absolute atomic E-state index is 0.136. The lowest BCUT2D eigenvalue weighted by Crippen LogP contribution is -2.51. The maximum absolute atomic E-state index is 13.4. The van der Waals surface area contributed by atoms with Gasteiger partial charge in [0.1, 0.15) is 30.6 Å². The van der Waals surface area contributed by atoms with E-state index in [4.69, 9.17) is 9.47 Å². The average Bonchev–Trinajstić information content (AvgIpc) is 3.10. The van der Waals surface area contributed by atoms with Gasteiger partial charge in [-0.1, -0.05) is 42.5 Å². The van der Waals surface area contributed by atoms with Gasteiger partial charge in [0.05, 0.1) is 20.2 Å². The Bertz CT molecular complexity index is 1680. The molecule has 250 valence electrons. The third kappa shape index (κ3) is 9.22. The van der Waals surface area contributed by atoms with Crippen LogP contribution in [0.2, 0.25) is 0 Å². The first-order valence-electron chi connectivity index (χ1n) is 16.6. The first-order valence-corrected chi connectivity index (χ1v) is 16.6. The van der Waals surface area contributed by atoms with Crippen LogP contribution in [0.5, 0.6) is 11.5 Å². The van der Waals surface area contributed by atoms with Crippen LogP contribution in [-0.4, -0.2) is 72.6 Å². The summed E-state index contributed by atoms with van der Waals surface area (Å²) >= 11 is 0. The van der Waals surface area contributed by atoms with Crippen molar-refractivity contribution < 1.29 is 19.1 Å². The number of anilines is 4. The summed E-state index contributed by atoms with van der Waals surface area (Å²) in [7, 11) is 1.58. The van der Waals surface area contributed by atoms with Gasteiger partial charge in [0.25, 0.3) is 0 Å². The summed E-state index contributed by atoms with van der Waals surface area (Å²) in [6.45, 7) is 2.42. The van der Waals surface area contributed by atoms with E-state index in [0.717, 1.165) is 49.3 Å². The van der Waals surface area contributed by atoms with Crippen LogP contribution in [0, 0.1) is 5.92 Å². The van der Waals surface area contributed by atoms with Gasteiger partial charge in [-0.05, 0) is 86.5 Å². The van der Waals surface area contributed by atoms with Crippen molar-refractivity contribution in [1.29, 1.82) is 0 Å². The average molecular weight is 650 g/mol. The van der Waals surface area contributed by atoms with Crippen LogP contribution in [0.4, 0.5) is 23.0 Å². The number of aryl methyl sites for hydroxylation is 1. The molecule has 1 unspecified atom stereocenters. The molecule has 4 N–H and O–H groups in total. The smallest absolute Gasteiger partial charge is 0.242 e. The summed E-state index contributed by atoms with van der Waals surface area (Å²) in [5.41, 5.74) is 4.08. The van der Waals surface area contributed by atoms with Gasteiger partial charge >= 0.3 is 0 Å². The third-order valence-electron chi connectivity index (χ3n) is 8.78. The van der Waals surface area contributed by atoms with E-state index in [0.29, 0.717) is 41.9 Å². The molecule has 1 fully saturated rings. The maximum atomic E-state index is 13.4. The molecule has 4 heterocycles. The Labute approximate surface area is 281 Å². The standard InChI is InChI=1S/C37H43N7O4/c1-47-32-13-11-30-22-33(32)48-19-16-38-37(46)31(12-10-26-6-3-2-4-7-26)43-36(45)24-44-17-14-27(15-18-44)20-28-8-5-9-29(21-28)41-34-23-35(42-30)40-25-39-34/h2-9,11,13,21-23,25,27,31H,10,12,14-20,24H2,1H3,(H,38,46)(H,43,45)(H2,39,40,41,42). The van der Waals surface area contributed by atoms with Crippen molar-refractivity contribution in [2.75, 3.05) is 50.5 Å². The Balaban J connectivity index is 1.20. The lowest BCUT2D eigenvalue weighted by Gasteiger charge is -2.32. The Kier molecular flexibility index (Phi) is 11.0. The molecule has 8 bridgehead atoms. The molecule has 11 nitrogen and oxygen atoms in total. The Hall–Kier alpha value is -5.16. The SMILES string of the molecule is COc1ccc2cc1OCCNC(=O)C(CCc1ccccc1)NC(=O)CN1CCC(CC1)Cc1cccc(c1)Nc1cc(ncn1)N2. The second-order valence-electron chi connectivity index (χ2n) is 12.3. The number of carbonyl (C=O) groups excluding carboxylic acids is 2. The van der Waals surface area contributed by atoms with E-state index in [-0.39, 0.29) is 31.5 Å². The zero-order valence-corrected chi connectivity index (χ0v) is 27.3. The highest BCUT2D eigenvalue weighted by molar-refractivity contribution is 5.88. The fourth-order valence-electron chi connectivity index (χ4n) is 6.24. The van der Waals surface area contributed by atoms with Crippen LogP contribution < -0.4 is 30.7 Å². The highest BCUT2D eigenvalue weighted by Gasteiger charge is 2.25. The number of ether oxygens (including phenoxy) is 2. The minimum atomic E-state index is -0.662. The van der Waals surface area contributed by atoms with Crippen LogP contribution in [0.25, 0.3) is 0 Å². The second-order valence-corrected chi connectivity index (χ2v) is 12.3. The number of nitrogens with one attached hydrogen (secondary N) is 4. The van der Waals surface area contributed by atoms with E-state index < -0.39 is 6.04 Å². The molecule has 4 aromatic rings. The van der Waals surface area contributed by atoms with Crippen LogP contribution in [0.1, 0.15) is 30.4 Å². The van der Waals surface area contributed by atoms with E-state index in [1.165, 1.54) is 11.9 Å². The number of hydrogen-bond acceptors (Lipinski definition) is 9. The highest BCUT2D eigenvalue weighted by Crippen LogP contribution is 2.32. The number of amides is 2. The first-order chi connectivity index (χ1) is 23.5. The van der Waals surface area contributed by atoms with Gasteiger partial charge in [-0.2, -0.15) is 0 Å². The molecular weight excluding hydrogens is 606 g/mol. The van der Waals surface area contributed by atoms with Gasteiger partial charge < -0.3 is 30.7 Å². The number of rotatable bonds is 4. The van der Waals surface area contributed by atoms with Gasteiger partial charge in [-0.25, -0.2) is 9.97 Å². The van der Waals surface area contributed by atoms with Crippen LogP contribution in [-0.2, 0) is 22.4 Å². The van der Waals surface area contributed by atoms with Crippen molar-refractivity contribution in [3.8, 4) is 11.5 Å². The van der Waals surface area contributed by atoms with Gasteiger partial charge in [-0.3, -0.25) is 14.5 Å². The number of benzene rings is 3. The van der Waals surface area contributed by atoms with Gasteiger partial charge in [-0.15, -0.1) is 0 Å². The Morgan fingerprint density at radius 1 is 0.896 bits per heavy atom.